The van der Waals surface area contributed by atoms with Crippen LogP contribution < -0.4 is 5.32 Å². The molecule has 1 N–H and O–H groups in total. The molecule has 1 aliphatic carbocycles. The van der Waals surface area contributed by atoms with Gasteiger partial charge < -0.3 is 9.88 Å². The fraction of sp³-hybridized carbons (Fsp3) is 0.304. The average Bonchev–Trinajstić information content (AvgIpc) is 3.33. The van der Waals surface area contributed by atoms with E-state index in [4.69, 9.17) is 0 Å². The molecule has 158 valence electrons. The first-order valence-corrected chi connectivity index (χ1v) is 10.3. The molecule has 4 heterocycles. The van der Waals surface area contributed by atoms with Crippen molar-refractivity contribution >= 4 is 16.9 Å². The Kier molecular flexibility index (Phi) is 4.77. The van der Waals surface area contributed by atoms with Crippen LogP contribution in [-0.4, -0.2) is 42.4 Å². The van der Waals surface area contributed by atoms with Crippen molar-refractivity contribution in [2.45, 2.75) is 31.5 Å². The first kappa shape index (κ1) is 19.4. The van der Waals surface area contributed by atoms with Gasteiger partial charge in [0.1, 0.15) is 17.6 Å². The van der Waals surface area contributed by atoms with E-state index in [1.165, 1.54) is 0 Å². The fourth-order valence-corrected chi connectivity index (χ4v) is 4.02. The first-order chi connectivity index (χ1) is 15.0. The Labute approximate surface area is 178 Å². The molecule has 5 rings (SSSR count). The van der Waals surface area contributed by atoms with Gasteiger partial charge in [0.05, 0.1) is 16.7 Å². The smallest absolute Gasteiger partial charge is 0.270 e. The van der Waals surface area contributed by atoms with E-state index in [0.717, 1.165) is 33.5 Å². The predicted octanol–water partition coefficient (Wildman–Crippen LogP) is 3.19. The van der Waals surface area contributed by atoms with E-state index in [1.807, 2.05) is 67.6 Å². The quantitative estimate of drug-likeness (QED) is 0.540. The fourth-order valence-electron chi connectivity index (χ4n) is 4.02. The molecule has 0 saturated heterocycles. The second-order valence-corrected chi connectivity index (χ2v) is 8.17. The van der Waals surface area contributed by atoms with Crippen LogP contribution >= 0.6 is 0 Å². The van der Waals surface area contributed by atoms with Crippen molar-refractivity contribution in [3.05, 3.63) is 65.7 Å². The molecule has 0 atom stereocenters. The van der Waals surface area contributed by atoms with Gasteiger partial charge in [0.2, 0.25) is 0 Å². The first-order valence-electron chi connectivity index (χ1n) is 10.3. The maximum absolute atomic E-state index is 13.1. The summed E-state index contributed by atoms with van der Waals surface area (Å²) in [5.74, 6) is -0.257. The minimum atomic E-state index is -0.813. The predicted molar refractivity (Wildman–Crippen MR) is 115 cm³/mol. The lowest BCUT2D eigenvalue weighted by Gasteiger charge is -2.30. The lowest BCUT2D eigenvalue weighted by Crippen LogP contribution is -2.45. The number of alkyl halides is 1. The van der Waals surface area contributed by atoms with Crippen LogP contribution in [0.15, 0.2) is 48.9 Å². The molecule has 7 nitrogen and oxygen atoms in total. The molecule has 1 amide bonds. The SMILES string of the molecule is Cn1ccc(-c2ccc(Cc3cc(C(=O)NC4CC(F)C4)nc4ccn(C)c34)cn2)n1. The van der Waals surface area contributed by atoms with Crippen LogP contribution in [0.25, 0.3) is 22.4 Å². The number of fused-ring (bicyclic) bond motifs is 1. The third kappa shape index (κ3) is 3.81. The number of nitrogens with one attached hydrogen (secondary N) is 1. The third-order valence-electron chi connectivity index (χ3n) is 5.75. The van der Waals surface area contributed by atoms with E-state index in [0.29, 0.717) is 25.0 Å². The Hall–Kier alpha value is -3.55. The number of nitrogens with zero attached hydrogens (tertiary/aromatic N) is 5. The van der Waals surface area contributed by atoms with Crippen LogP contribution in [0.4, 0.5) is 4.39 Å². The summed E-state index contributed by atoms with van der Waals surface area (Å²) in [7, 11) is 3.84. The van der Waals surface area contributed by atoms with Gasteiger partial charge in [-0.15, -0.1) is 0 Å². The molecule has 0 spiro atoms. The summed E-state index contributed by atoms with van der Waals surface area (Å²) in [6.45, 7) is 0. The Balaban J connectivity index is 1.43. The second-order valence-electron chi connectivity index (χ2n) is 8.17. The van der Waals surface area contributed by atoms with Crippen molar-refractivity contribution in [2.75, 3.05) is 0 Å². The number of hydrogen-bond donors (Lipinski definition) is 1. The number of halogens is 1. The number of rotatable bonds is 5. The maximum Gasteiger partial charge on any atom is 0.270 e. The maximum atomic E-state index is 13.1. The minimum absolute atomic E-state index is 0.109. The molecule has 8 heteroatoms. The molecule has 0 bridgehead atoms. The van der Waals surface area contributed by atoms with E-state index in [-0.39, 0.29) is 11.9 Å². The van der Waals surface area contributed by atoms with Crippen molar-refractivity contribution in [1.82, 2.24) is 29.6 Å². The molecular weight excluding hydrogens is 395 g/mol. The van der Waals surface area contributed by atoms with E-state index >= 15 is 0 Å². The molecule has 1 fully saturated rings. The molecule has 4 aromatic rings. The highest BCUT2D eigenvalue weighted by molar-refractivity contribution is 5.95. The monoisotopic (exact) mass is 418 g/mol. The van der Waals surface area contributed by atoms with Gasteiger partial charge >= 0.3 is 0 Å². The lowest BCUT2D eigenvalue weighted by molar-refractivity contribution is 0.0855. The van der Waals surface area contributed by atoms with Gasteiger partial charge in [-0.1, -0.05) is 6.07 Å². The summed E-state index contributed by atoms with van der Waals surface area (Å²) in [5, 5.41) is 7.27. The highest BCUT2D eigenvalue weighted by Gasteiger charge is 2.30. The van der Waals surface area contributed by atoms with Crippen molar-refractivity contribution in [3.8, 4) is 11.4 Å². The molecule has 1 saturated carbocycles. The zero-order valence-electron chi connectivity index (χ0n) is 17.4. The number of carbonyl (C=O) groups excluding carboxylic acids is 1. The average molecular weight is 418 g/mol. The van der Waals surface area contributed by atoms with Crippen molar-refractivity contribution in [2.24, 2.45) is 14.1 Å². The van der Waals surface area contributed by atoms with Gasteiger partial charge in [-0.05, 0) is 48.2 Å². The molecular formula is C23H23FN6O. The van der Waals surface area contributed by atoms with E-state index < -0.39 is 6.17 Å². The molecule has 0 radical (unpaired) electrons. The molecule has 0 aliphatic heterocycles. The van der Waals surface area contributed by atoms with Gasteiger partial charge in [0.25, 0.3) is 5.91 Å². The van der Waals surface area contributed by atoms with Crippen LogP contribution in [0.1, 0.15) is 34.5 Å². The Morgan fingerprint density at radius 2 is 2.00 bits per heavy atom. The molecule has 0 unspecified atom stereocenters. The van der Waals surface area contributed by atoms with Crippen molar-refractivity contribution in [1.29, 1.82) is 0 Å². The van der Waals surface area contributed by atoms with Crippen molar-refractivity contribution in [3.63, 3.8) is 0 Å². The van der Waals surface area contributed by atoms with Gasteiger partial charge in [-0.2, -0.15) is 5.10 Å². The van der Waals surface area contributed by atoms with Gasteiger partial charge in [-0.3, -0.25) is 14.5 Å². The Bertz CT molecular complexity index is 1250. The number of amides is 1. The highest BCUT2D eigenvalue weighted by atomic mass is 19.1. The largest absolute Gasteiger partial charge is 0.349 e. The van der Waals surface area contributed by atoms with Crippen molar-refractivity contribution < 1.29 is 9.18 Å². The molecule has 4 aromatic heterocycles. The van der Waals surface area contributed by atoms with E-state index in [1.54, 1.807) is 4.68 Å². The number of carbonyl (C=O) groups is 1. The van der Waals surface area contributed by atoms with Gasteiger partial charge in [0.15, 0.2) is 0 Å². The van der Waals surface area contributed by atoms with Crippen LogP contribution in [0, 0.1) is 0 Å². The third-order valence-corrected chi connectivity index (χ3v) is 5.75. The molecule has 31 heavy (non-hydrogen) atoms. The summed E-state index contributed by atoms with van der Waals surface area (Å²) < 4.78 is 16.9. The molecule has 1 aliphatic rings. The second kappa shape index (κ2) is 7.61. The summed E-state index contributed by atoms with van der Waals surface area (Å²) in [6, 6.07) is 9.54. The molecule has 0 aromatic carbocycles. The van der Waals surface area contributed by atoms with Gasteiger partial charge in [-0.25, -0.2) is 9.37 Å². The number of aryl methyl sites for hydroxylation is 2. The summed E-state index contributed by atoms with van der Waals surface area (Å²) >= 11 is 0. The highest BCUT2D eigenvalue weighted by Crippen LogP contribution is 2.25. The Morgan fingerprint density at radius 3 is 2.68 bits per heavy atom. The Morgan fingerprint density at radius 1 is 1.16 bits per heavy atom. The number of pyridine rings is 2. The number of aromatic nitrogens is 5. The minimum Gasteiger partial charge on any atom is -0.349 e. The van der Waals surface area contributed by atoms with Gasteiger partial charge in [0, 0.05) is 45.1 Å². The normalized spacial score (nSPS) is 18.2. The van der Waals surface area contributed by atoms with Crippen LogP contribution in [0.2, 0.25) is 0 Å². The van der Waals surface area contributed by atoms with E-state index in [9.17, 15) is 9.18 Å². The zero-order chi connectivity index (χ0) is 21.5. The van der Waals surface area contributed by atoms with Crippen LogP contribution in [0.5, 0.6) is 0 Å². The van der Waals surface area contributed by atoms with Crippen LogP contribution in [-0.2, 0) is 20.5 Å². The zero-order valence-corrected chi connectivity index (χ0v) is 17.4. The summed E-state index contributed by atoms with van der Waals surface area (Å²) in [4.78, 5) is 21.8. The summed E-state index contributed by atoms with van der Waals surface area (Å²) in [5.41, 5.74) is 5.76. The number of hydrogen-bond acceptors (Lipinski definition) is 4. The lowest BCUT2D eigenvalue weighted by atomic mass is 9.90. The topological polar surface area (TPSA) is 77.6 Å². The standard InChI is InChI=1S/C23H23FN6O/c1-29-7-5-20-22(29)15(10-21(27-20)23(31)26-17-11-16(24)12-17)9-14-3-4-18(25-13-14)19-6-8-30(2)28-19/h3-8,10,13,16-17H,9,11-12H2,1-2H3,(H,26,31). The van der Waals surface area contributed by atoms with E-state index in [2.05, 4.69) is 20.4 Å². The van der Waals surface area contributed by atoms with Crippen LogP contribution in [0.3, 0.4) is 0 Å². The summed E-state index contributed by atoms with van der Waals surface area (Å²) in [6.07, 6.45) is 6.22.